The molecular formula is C17H29N3O. The number of ketones is 1. The quantitative estimate of drug-likeness (QED) is 0.818. The van der Waals surface area contributed by atoms with Crippen LogP contribution in [0.1, 0.15) is 48.4 Å². The molecule has 1 aliphatic rings. The molecule has 2 heterocycles. The first-order chi connectivity index (χ1) is 10.1. The van der Waals surface area contributed by atoms with E-state index in [4.69, 9.17) is 0 Å². The summed E-state index contributed by atoms with van der Waals surface area (Å²) in [6, 6.07) is 2.60. The summed E-state index contributed by atoms with van der Waals surface area (Å²) in [5, 5.41) is 3.39. The molecule has 1 saturated heterocycles. The molecule has 0 unspecified atom stereocenters. The fourth-order valence-corrected chi connectivity index (χ4v) is 3.51. The summed E-state index contributed by atoms with van der Waals surface area (Å²) in [5.74, 6) is 0.267. The summed E-state index contributed by atoms with van der Waals surface area (Å²) in [7, 11) is 0. The highest BCUT2D eigenvalue weighted by atomic mass is 16.1. The maximum absolute atomic E-state index is 12.7. The van der Waals surface area contributed by atoms with Gasteiger partial charge in [0.05, 0.1) is 6.54 Å². The summed E-state index contributed by atoms with van der Waals surface area (Å²) >= 11 is 0. The van der Waals surface area contributed by atoms with E-state index in [-0.39, 0.29) is 5.78 Å². The molecule has 2 rings (SSSR count). The Labute approximate surface area is 128 Å². The Bertz CT molecular complexity index is 486. The van der Waals surface area contributed by atoms with E-state index in [1.54, 1.807) is 0 Å². The topological polar surface area (TPSA) is 37.3 Å². The fourth-order valence-electron chi connectivity index (χ4n) is 3.51. The number of hydrogen-bond donors (Lipinski definition) is 1. The average Bonchev–Trinajstić information content (AvgIpc) is 2.79. The normalized spacial score (nSPS) is 16.6. The molecule has 0 atom stereocenters. The van der Waals surface area contributed by atoms with Gasteiger partial charge >= 0.3 is 0 Å². The van der Waals surface area contributed by atoms with E-state index in [1.807, 2.05) is 0 Å². The van der Waals surface area contributed by atoms with E-state index in [9.17, 15) is 4.79 Å². The number of piperidine rings is 1. The van der Waals surface area contributed by atoms with Gasteiger partial charge in [-0.3, -0.25) is 9.69 Å². The zero-order valence-electron chi connectivity index (χ0n) is 13.9. The van der Waals surface area contributed by atoms with Crippen LogP contribution in [0.3, 0.4) is 0 Å². The molecule has 1 aliphatic heterocycles. The van der Waals surface area contributed by atoms with E-state index in [2.05, 4.69) is 48.5 Å². The van der Waals surface area contributed by atoms with Gasteiger partial charge in [-0.15, -0.1) is 0 Å². The second kappa shape index (κ2) is 7.23. The fraction of sp³-hybridized carbons (Fsp3) is 0.706. The van der Waals surface area contributed by atoms with Gasteiger partial charge in [-0.2, -0.15) is 0 Å². The summed E-state index contributed by atoms with van der Waals surface area (Å²) in [5.41, 5.74) is 3.20. The highest BCUT2D eigenvalue weighted by Gasteiger charge is 2.23. The molecule has 4 heteroatoms. The first kappa shape index (κ1) is 16.2. The molecule has 0 amide bonds. The van der Waals surface area contributed by atoms with E-state index in [0.29, 0.717) is 12.6 Å². The van der Waals surface area contributed by atoms with E-state index in [1.165, 1.54) is 5.69 Å². The van der Waals surface area contributed by atoms with Crippen LogP contribution in [0.4, 0.5) is 0 Å². The van der Waals surface area contributed by atoms with Crippen LogP contribution in [0.5, 0.6) is 0 Å². The van der Waals surface area contributed by atoms with Crippen molar-refractivity contribution in [3.8, 4) is 0 Å². The van der Waals surface area contributed by atoms with Crippen LogP contribution < -0.4 is 5.32 Å². The number of hydrogen-bond acceptors (Lipinski definition) is 3. The van der Waals surface area contributed by atoms with E-state index in [0.717, 1.165) is 50.3 Å². The summed E-state index contributed by atoms with van der Waals surface area (Å²) in [6.07, 6.45) is 2.30. The number of Topliss-reactive ketones (excluding diaryl/α,β-unsaturated/α-hetero) is 1. The Hall–Kier alpha value is -1.13. The Kier molecular flexibility index (Phi) is 5.59. The maximum atomic E-state index is 12.7. The van der Waals surface area contributed by atoms with Gasteiger partial charge in [0, 0.05) is 29.5 Å². The molecule has 21 heavy (non-hydrogen) atoms. The first-order valence-corrected chi connectivity index (χ1v) is 8.23. The monoisotopic (exact) mass is 291 g/mol. The number of likely N-dealkylation sites (N-methyl/N-ethyl adjacent to an activating group) is 1. The molecule has 0 radical (unpaired) electrons. The highest BCUT2D eigenvalue weighted by Crippen LogP contribution is 2.18. The highest BCUT2D eigenvalue weighted by molar-refractivity contribution is 5.99. The lowest BCUT2D eigenvalue weighted by Gasteiger charge is -2.33. The number of nitrogens with zero attached hydrogens (tertiary/aromatic N) is 2. The van der Waals surface area contributed by atoms with Crippen LogP contribution in [-0.2, 0) is 6.54 Å². The predicted molar refractivity (Wildman–Crippen MR) is 87.0 cm³/mol. The zero-order valence-corrected chi connectivity index (χ0v) is 13.9. The number of nitrogens with one attached hydrogen (secondary N) is 1. The Morgan fingerprint density at radius 1 is 1.33 bits per heavy atom. The number of carbonyl (C=O) groups excluding carboxylic acids is 1. The van der Waals surface area contributed by atoms with Gasteiger partial charge in [0.15, 0.2) is 5.78 Å². The van der Waals surface area contributed by atoms with Crippen molar-refractivity contribution in [1.29, 1.82) is 0 Å². The molecule has 4 nitrogen and oxygen atoms in total. The lowest BCUT2D eigenvalue weighted by atomic mass is 10.0. The number of aromatic nitrogens is 1. The third-order valence-corrected chi connectivity index (χ3v) is 4.77. The van der Waals surface area contributed by atoms with Gasteiger partial charge in [-0.1, -0.05) is 6.92 Å². The summed E-state index contributed by atoms with van der Waals surface area (Å²) in [4.78, 5) is 15.0. The van der Waals surface area contributed by atoms with Crippen LogP contribution in [0.25, 0.3) is 0 Å². The Morgan fingerprint density at radius 3 is 2.52 bits per heavy atom. The minimum Gasteiger partial charge on any atom is -0.349 e. The van der Waals surface area contributed by atoms with Gasteiger partial charge < -0.3 is 9.88 Å². The molecule has 1 N–H and O–H groups in total. The van der Waals surface area contributed by atoms with Gasteiger partial charge in [-0.05, 0) is 59.3 Å². The lowest BCUT2D eigenvalue weighted by molar-refractivity contribution is 0.0873. The third kappa shape index (κ3) is 3.55. The Balaban J connectivity index is 2.08. The van der Waals surface area contributed by atoms with Gasteiger partial charge in [0.25, 0.3) is 0 Å². The molecule has 0 spiro atoms. The van der Waals surface area contributed by atoms with Gasteiger partial charge in [0.2, 0.25) is 0 Å². The third-order valence-electron chi connectivity index (χ3n) is 4.77. The minimum atomic E-state index is 0.267. The van der Waals surface area contributed by atoms with Crippen LogP contribution in [0.15, 0.2) is 6.07 Å². The van der Waals surface area contributed by atoms with Crippen molar-refractivity contribution >= 4 is 5.78 Å². The minimum absolute atomic E-state index is 0.267. The summed E-state index contributed by atoms with van der Waals surface area (Å²) in [6.45, 7) is 13.0. The zero-order chi connectivity index (χ0) is 15.4. The van der Waals surface area contributed by atoms with Crippen molar-refractivity contribution in [2.75, 3.05) is 26.2 Å². The smallest absolute Gasteiger partial charge is 0.178 e. The SMILES string of the molecule is CCN(CC(=O)c1cc(C)n(CC)c1C)C1CCNCC1. The van der Waals surface area contributed by atoms with Crippen LogP contribution in [-0.4, -0.2) is 47.5 Å². The molecule has 0 aromatic carbocycles. The molecule has 0 aliphatic carbocycles. The maximum Gasteiger partial charge on any atom is 0.178 e. The standard InChI is InChI=1S/C17H29N3O/c1-5-19(15-7-9-18-10-8-15)12-17(21)16-11-13(3)20(6-2)14(16)4/h11,15,18H,5-10,12H2,1-4H3. The molecule has 118 valence electrons. The summed E-state index contributed by atoms with van der Waals surface area (Å²) < 4.78 is 2.22. The van der Waals surface area contributed by atoms with Gasteiger partial charge in [-0.25, -0.2) is 0 Å². The van der Waals surface area contributed by atoms with Gasteiger partial charge in [0.1, 0.15) is 0 Å². The van der Waals surface area contributed by atoms with Crippen molar-refractivity contribution in [1.82, 2.24) is 14.8 Å². The van der Waals surface area contributed by atoms with Crippen molar-refractivity contribution in [2.24, 2.45) is 0 Å². The number of aryl methyl sites for hydroxylation is 1. The predicted octanol–water partition coefficient (Wildman–Crippen LogP) is 2.38. The molecule has 1 fully saturated rings. The van der Waals surface area contributed by atoms with Crippen molar-refractivity contribution in [3.63, 3.8) is 0 Å². The van der Waals surface area contributed by atoms with Crippen LogP contribution >= 0.6 is 0 Å². The molecule has 1 aromatic rings. The number of carbonyl (C=O) groups is 1. The average molecular weight is 291 g/mol. The van der Waals surface area contributed by atoms with E-state index < -0.39 is 0 Å². The first-order valence-electron chi connectivity index (χ1n) is 8.23. The molecule has 0 bridgehead atoms. The van der Waals surface area contributed by atoms with Crippen molar-refractivity contribution in [2.45, 2.75) is 53.1 Å². The largest absolute Gasteiger partial charge is 0.349 e. The molecule has 1 aromatic heterocycles. The molecular weight excluding hydrogens is 262 g/mol. The second-order valence-corrected chi connectivity index (χ2v) is 6.00. The van der Waals surface area contributed by atoms with Crippen molar-refractivity contribution in [3.05, 3.63) is 23.0 Å². The van der Waals surface area contributed by atoms with Crippen LogP contribution in [0, 0.1) is 13.8 Å². The van der Waals surface area contributed by atoms with Crippen molar-refractivity contribution < 1.29 is 4.79 Å². The molecule has 0 saturated carbocycles. The van der Waals surface area contributed by atoms with Crippen LogP contribution in [0.2, 0.25) is 0 Å². The second-order valence-electron chi connectivity index (χ2n) is 6.00. The number of rotatable bonds is 6. The van der Waals surface area contributed by atoms with E-state index >= 15 is 0 Å². The Morgan fingerprint density at radius 2 is 2.00 bits per heavy atom. The lowest BCUT2D eigenvalue weighted by Crippen LogP contribution is -2.45.